The van der Waals surface area contributed by atoms with Crippen LogP contribution < -0.4 is 30.1 Å². The van der Waals surface area contributed by atoms with E-state index in [-0.39, 0.29) is 21.4 Å². The number of nitrogens with zero attached hydrogens (tertiary/aromatic N) is 4. The predicted molar refractivity (Wildman–Crippen MR) is 377 cm³/mol. The SMILES string of the molecule is [2H]c1c([2H])c([2H])c([Si](c2ccc3c(c2)-c2cccc(-c4cc(C(C)(C)C)cc(C(C)(C)C)c4)c2-[n+]2[c-]n(-c4cccc(Oc5ccc6c7ccccc7n(-c7cc(C(C)(C)C)ccn7)c6c5)c4)c4cccc(c42)-c2ccccc2-3)(c2c([2H])c([2H])c([2H])c([2H])c2[2H])c2c([2H])c([2H])c([2H])c([2H])c2[2H])c([2H])c1[2H]. The lowest BCUT2D eigenvalue weighted by Crippen LogP contribution is -2.74. The molecule has 0 N–H and O–H groups in total. The van der Waals surface area contributed by atoms with E-state index in [1.54, 1.807) is 18.2 Å². The van der Waals surface area contributed by atoms with Gasteiger partial charge < -0.3 is 4.74 Å². The minimum absolute atomic E-state index is 0.0206. The molecule has 0 bridgehead atoms. The molecule has 0 aliphatic carbocycles. The number of imidazole rings is 1. The van der Waals surface area contributed by atoms with Gasteiger partial charge in [-0.1, -0.05) is 274 Å². The highest BCUT2D eigenvalue weighted by Crippen LogP contribution is 2.46. The molecule has 5 nitrogen and oxygen atoms in total. The Labute approximate surface area is 550 Å². The van der Waals surface area contributed by atoms with Crippen LogP contribution in [0.2, 0.25) is 0 Å². The first-order chi connectivity index (χ1) is 49.7. The first kappa shape index (κ1) is 41.9. The normalized spacial score (nSPS) is 14.8. The van der Waals surface area contributed by atoms with Crippen LogP contribution in [0.25, 0.3) is 94.5 Å². The van der Waals surface area contributed by atoms with Crippen molar-refractivity contribution in [3.8, 4) is 73.2 Å². The molecule has 14 aromatic rings. The summed E-state index contributed by atoms with van der Waals surface area (Å²) in [4.78, 5) is 4.92. The topological polar surface area (TPSA) is 35.9 Å². The third-order valence-corrected chi connectivity index (χ3v) is 21.8. The Kier molecular flexibility index (Phi) is 10.0. The van der Waals surface area contributed by atoms with Crippen molar-refractivity contribution in [1.29, 1.82) is 0 Å². The van der Waals surface area contributed by atoms with Gasteiger partial charge in [-0.15, -0.1) is 0 Å². The fraction of sp³-hybridized carbons (Fsp3) is 0.143. The van der Waals surface area contributed by atoms with E-state index in [4.69, 9.17) is 13.8 Å². The van der Waals surface area contributed by atoms with Gasteiger partial charge in [-0.05, 0) is 147 Å². The third-order valence-electron chi connectivity index (χ3n) is 17.6. The number of fused-ring (bicyclic) bond motifs is 10. The molecule has 0 atom stereocenters. The Morgan fingerprint density at radius 3 is 1.63 bits per heavy atom. The van der Waals surface area contributed by atoms with Gasteiger partial charge in [0.15, 0.2) is 8.07 Å². The van der Waals surface area contributed by atoms with Gasteiger partial charge in [0.2, 0.25) is 0 Å². The molecule has 3 aromatic heterocycles. The molecule has 1 aliphatic heterocycles. The average Bonchev–Trinajstić information content (AvgIpc) is 1.62. The van der Waals surface area contributed by atoms with Crippen molar-refractivity contribution in [3.05, 3.63) is 296 Å². The van der Waals surface area contributed by atoms with Crippen molar-refractivity contribution < 1.29 is 29.9 Å². The lowest BCUT2D eigenvalue weighted by Gasteiger charge is -2.35. The van der Waals surface area contributed by atoms with E-state index in [1.807, 2.05) is 108 Å². The fourth-order valence-electron chi connectivity index (χ4n) is 13.0. The summed E-state index contributed by atoms with van der Waals surface area (Å²) < 4.78 is 156. The molecule has 90 heavy (non-hydrogen) atoms. The third kappa shape index (κ3) is 9.51. The Hall–Kier alpha value is -10.1. The summed E-state index contributed by atoms with van der Waals surface area (Å²) in [5, 5.41) is 0.339. The van der Waals surface area contributed by atoms with Crippen molar-refractivity contribution in [3.63, 3.8) is 0 Å². The molecule has 4 heterocycles. The maximum absolute atomic E-state index is 9.98. The van der Waals surface area contributed by atoms with Crippen LogP contribution >= 0.6 is 0 Å². The van der Waals surface area contributed by atoms with Crippen LogP contribution in [0, 0.1) is 6.33 Å². The summed E-state index contributed by atoms with van der Waals surface area (Å²) in [5.74, 6) is 1.91. The number of hydrogen-bond acceptors (Lipinski definition) is 2. The largest absolute Gasteiger partial charge is 0.458 e. The molecule has 0 spiro atoms. The van der Waals surface area contributed by atoms with E-state index < -0.39 is 114 Å². The van der Waals surface area contributed by atoms with Gasteiger partial charge in [0.1, 0.15) is 17.3 Å². The lowest BCUT2D eigenvalue weighted by molar-refractivity contribution is -0.570. The smallest absolute Gasteiger partial charge is 0.269 e. The highest BCUT2D eigenvalue weighted by Gasteiger charge is 2.42. The monoisotopic (exact) mass is 1200 g/mol. The molecular weight excluding hydrogens is 1110 g/mol. The number of ether oxygens (including phenoxy) is 1. The standard InChI is InChI=1S/C84H72N4OSi/c1-82(2,3)57-46-47-85-79(51-57)88-76-40-22-21-36-71(76)72-44-42-62(53-78(72)88)89-61-27-23-26-60(52-61)86-55-87-80-67(56-48-58(83(4,5)6)50-59(49-56)84(7,8)9)37-24-38-74(80)75-54-66(43-45-70(75)68-34-19-20-35-69(68)73-39-25-41-77(86)81(73)87)90(63-28-13-10-14-29-63,64-30-15-11-16-31-64)65-32-17-12-18-33-65/h10-54H,1-9H3/i10D,11D,12D,13D,14D,15D,16D,17D,18D,28D,29D,30D,31D,32D,33D. The molecule has 0 saturated carbocycles. The van der Waals surface area contributed by atoms with Crippen molar-refractivity contribution in [2.45, 2.75) is 78.6 Å². The van der Waals surface area contributed by atoms with Gasteiger partial charge in [-0.3, -0.25) is 13.7 Å². The quantitative estimate of drug-likeness (QED) is 0.0625. The summed E-state index contributed by atoms with van der Waals surface area (Å²) >= 11 is 0. The van der Waals surface area contributed by atoms with Gasteiger partial charge in [0.05, 0.1) is 54.0 Å². The van der Waals surface area contributed by atoms with Crippen molar-refractivity contribution >= 4 is 61.7 Å². The maximum atomic E-state index is 9.98. The molecular formula is C84H72N4OSi. The first-order valence-electron chi connectivity index (χ1n) is 37.8. The summed E-state index contributed by atoms with van der Waals surface area (Å²) in [6, 6.07) is 45.5. The van der Waals surface area contributed by atoms with Crippen LogP contribution in [0.3, 0.4) is 0 Å². The Balaban J connectivity index is 1.05. The van der Waals surface area contributed by atoms with Crippen LogP contribution in [-0.2, 0) is 16.2 Å². The number of para-hydroxylation sites is 3. The number of benzene rings is 11. The van der Waals surface area contributed by atoms with Crippen LogP contribution in [-0.4, -0.2) is 22.2 Å². The van der Waals surface area contributed by atoms with E-state index in [2.05, 4.69) is 138 Å². The molecule has 0 unspecified atom stereocenters. The number of rotatable bonds is 9. The molecule has 438 valence electrons. The molecule has 0 radical (unpaired) electrons. The second kappa shape index (κ2) is 21.6. The Morgan fingerprint density at radius 2 is 0.967 bits per heavy atom. The van der Waals surface area contributed by atoms with E-state index in [0.717, 1.165) is 77.6 Å². The fourth-order valence-corrected chi connectivity index (χ4v) is 16.8. The molecule has 1 aliphatic rings. The zero-order valence-corrected chi connectivity index (χ0v) is 52.5. The van der Waals surface area contributed by atoms with Gasteiger partial charge in [0, 0.05) is 23.0 Å². The summed E-state index contributed by atoms with van der Waals surface area (Å²) in [5.41, 5.74) is 12.6. The predicted octanol–water partition coefficient (Wildman–Crippen LogP) is 18.2. The molecule has 6 heteroatoms. The van der Waals surface area contributed by atoms with Gasteiger partial charge in [-0.25, -0.2) is 4.98 Å². The van der Waals surface area contributed by atoms with Crippen LogP contribution in [0.5, 0.6) is 11.5 Å². The number of aromatic nitrogens is 4. The molecule has 15 rings (SSSR count). The number of hydrogen-bond donors (Lipinski definition) is 0. The Morgan fingerprint density at radius 1 is 0.422 bits per heavy atom. The van der Waals surface area contributed by atoms with Crippen LogP contribution in [0.1, 0.15) is 99.6 Å². The first-order valence-corrected chi connectivity index (χ1v) is 32.3. The summed E-state index contributed by atoms with van der Waals surface area (Å²) in [7, 11) is -5.64. The molecule has 11 aromatic carbocycles. The minimum atomic E-state index is -5.64. The zero-order chi connectivity index (χ0) is 74.7. The zero-order valence-electron chi connectivity index (χ0n) is 66.5. The maximum Gasteiger partial charge on any atom is 0.269 e. The molecule has 0 amide bonds. The van der Waals surface area contributed by atoms with E-state index >= 15 is 0 Å². The van der Waals surface area contributed by atoms with Gasteiger partial charge >= 0.3 is 0 Å². The summed E-state index contributed by atoms with van der Waals surface area (Å²) in [6.07, 6.45) is 5.76. The van der Waals surface area contributed by atoms with Crippen molar-refractivity contribution in [1.82, 2.24) is 14.1 Å². The van der Waals surface area contributed by atoms with Crippen molar-refractivity contribution in [2.24, 2.45) is 0 Å². The van der Waals surface area contributed by atoms with E-state index in [1.165, 1.54) is 0 Å². The minimum Gasteiger partial charge on any atom is -0.458 e. The number of pyridine rings is 1. The van der Waals surface area contributed by atoms with Crippen LogP contribution in [0.15, 0.2) is 273 Å². The summed E-state index contributed by atoms with van der Waals surface area (Å²) in [6.45, 7) is 19.6. The van der Waals surface area contributed by atoms with Crippen LogP contribution in [0.4, 0.5) is 0 Å². The van der Waals surface area contributed by atoms with Gasteiger partial charge in [-0.2, -0.15) is 0 Å². The average molecular weight is 1200 g/mol. The second-order valence-electron chi connectivity index (χ2n) is 26.3. The highest BCUT2D eigenvalue weighted by molar-refractivity contribution is 7.20. The molecule has 0 fully saturated rings. The van der Waals surface area contributed by atoms with Crippen molar-refractivity contribution in [2.75, 3.05) is 0 Å². The highest BCUT2D eigenvalue weighted by atomic mass is 28.3. The molecule has 0 saturated heterocycles. The van der Waals surface area contributed by atoms with E-state index in [0.29, 0.717) is 45.1 Å². The second-order valence-corrected chi connectivity index (χ2v) is 29.9. The lowest BCUT2D eigenvalue weighted by atomic mass is 9.78. The Bertz CT molecular complexity index is 5770. The van der Waals surface area contributed by atoms with E-state index in [9.17, 15) is 16.4 Å². The van der Waals surface area contributed by atoms with Gasteiger partial charge in [0.25, 0.3) is 6.33 Å².